The van der Waals surface area contributed by atoms with Gasteiger partial charge in [0.2, 0.25) is 0 Å². The lowest BCUT2D eigenvalue weighted by atomic mass is 10.2. The van der Waals surface area contributed by atoms with Crippen LogP contribution in [0.3, 0.4) is 0 Å². The Hall–Kier alpha value is -0.640. The predicted molar refractivity (Wildman–Crippen MR) is 81.7 cm³/mol. The Morgan fingerprint density at radius 3 is 2.56 bits per heavy atom. The van der Waals surface area contributed by atoms with Gasteiger partial charge in [-0.05, 0) is 42.2 Å². The van der Waals surface area contributed by atoms with Crippen LogP contribution in [0.15, 0.2) is 51.8 Å². The third-order valence-electron chi connectivity index (χ3n) is 2.43. The Morgan fingerprint density at radius 2 is 1.89 bits per heavy atom. The van der Waals surface area contributed by atoms with Crippen LogP contribution in [0.5, 0.6) is 5.75 Å². The van der Waals surface area contributed by atoms with Crippen LogP contribution in [-0.2, 0) is 6.61 Å². The topological polar surface area (TPSA) is 9.23 Å². The highest BCUT2D eigenvalue weighted by Crippen LogP contribution is 2.31. The van der Waals surface area contributed by atoms with Gasteiger partial charge in [0.25, 0.3) is 0 Å². The van der Waals surface area contributed by atoms with Gasteiger partial charge in [0.05, 0.1) is 4.90 Å². The van der Waals surface area contributed by atoms with E-state index in [1.54, 1.807) is 11.8 Å². The van der Waals surface area contributed by atoms with E-state index < -0.39 is 0 Å². The van der Waals surface area contributed by atoms with Crippen LogP contribution in [0.2, 0.25) is 5.02 Å². The molecule has 0 aliphatic heterocycles. The number of halogens is 2. The number of hydrogen-bond acceptors (Lipinski definition) is 2. The third-order valence-corrected chi connectivity index (χ3v) is 3.94. The molecule has 94 valence electrons. The summed E-state index contributed by atoms with van der Waals surface area (Å²) in [6.07, 6.45) is 2.04. The second-order valence-electron chi connectivity index (χ2n) is 3.71. The quantitative estimate of drug-likeness (QED) is 0.687. The average Bonchev–Trinajstić information content (AvgIpc) is 2.39. The van der Waals surface area contributed by atoms with E-state index in [0.717, 1.165) is 25.7 Å². The largest absolute Gasteiger partial charge is 0.488 e. The molecule has 1 nitrogen and oxygen atoms in total. The van der Waals surface area contributed by atoms with Crippen molar-refractivity contribution < 1.29 is 4.74 Å². The second-order valence-corrected chi connectivity index (χ2v) is 5.91. The van der Waals surface area contributed by atoms with Crippen LogP contribution >= 0.6 is 39.3 Å². The van der Waals surface area contributed by atoms with Gasteiger partial charge >= 0.3 is 0 Å². The summed E-state index contributed by atoms with van der Waals surface area (Å²) in [7, 11) is 0. The van der Waals surface area contributed by atoms with Gasteiger partial charge in [-0.1, -0.05) is 39.7 Å². The summed E-state index contributed by atoms with van der Waals surface area (Å²) in [4.78, 5) is 1.12. The Bertz CT molecular complexity index is 528. The molecular formula is C14H12BrClOS. The minimum atomic E-state index is 0.548. The summed E-state index contributed by atoms with van der Waals surface area (Å²) in [5, 5.41) is 0.743. The van der Waals surface area contributed by atoms with E-state index in [4.69, 9.17) is 16.3 Å². The molecular weight excluding hydrogens is 332 g/mol. The molecule has 0 saturated carbocycles. The molecule has 2 aromatic carbocycles. The first kappa shape index (κ1) is 13.8. The van der Waals surface area contributed by atoms with Gasteiger partial charge in [0.15, 0.2) is 0 Å². The van der Waals surface area contributed by atoms with Crippen molar-refractivity contribution in [3.05, 3.63) is 57.5 Å². The summed E-state index contributed by atoms with van der Waals surface area (Å²) >= 11 is 11.0. The Morgan fingerprint density at radius 1 is 1.17 bits per heavy atom. The lowest BCUT2D eigenvalue weighted by Gasteiger charge is -2.10. The van der Waals surface area contributed by atoms with E-state index in [1.165, 1.54) is 0 Å². The first-order valence-electron chi connectivity index (χ1n) is 5.40. The van der Waals surface area contributed by atoms with Crippen molar-refractivity contribution in [1.29, 1.82) is 0 Å². The molecule has 4 heteroatoms. The molecule has 0 radical (unpaired) electrons. The van der Waals surface area contributed by atoms with E-state index in [0.29, 0.717) is 6.61 Å². The Balaban J connectivity index is 2.08. The molecule has 0 N–H and O–H groups in total. The van der Waals surface area contributed by atoms with Crippen LogP contribution in [0, 0.1) is 0 Å². The number of rotatable bonds is 4. The predicted octanol–water partition coefficient (Wildman–Crippen LogP) is 5.40. The minimum Gasteiger partial charge on any atom is -0.488 e. The standard InChI is InChI=1S/C14H12BrClOS/c1-18-14-8-11(15)4-7-13(14)17-9-10-2-5-12(16)6-3-10/h2-8H,9H2,1H3. The number of hydrogen-bond donors (Lipinski definition) is 0. The normalized spacial score (nSPS) is 10.4. The van der Waals surface area contributed by atoms with Gasteiger partial charge in [-0.25, -0.2) is 0 Å². The molecule has 0 aromatic heterocycles. The van der Waals surface area contributed by atoms with Gasteiger partial charge in [0.1, 0.15) is 12.4 Å². The number of ether oxygens (including phenoxy) is 1. The van der Waals surface area contributed by atoms with Crippen molar-refractivity contribution >= 4 is 39.3 Å². The van der Waals surface area contributed by atoms with E-state index >= 15 is 0 Å². The lowest BCUT2D eigenvalue weighted by molar-refractivity contribution is 0.299. The van der Waals surface area contributed by atoms with Gasteiger partial charge in [0, 0.05) is 9.50 Å². The van der Waals surface area contributed by atoms with Crippen LogP contribution in [0.4, 0.5) is 0 Å². The molecule has 0 aliphatic carbocycles. The van der Waals surface area contributed by atoms with Crippen molar-refractivity contribution in [2.75, 3.05) is 6.26 Å². The minimum absolute atomic E-state index is 0.548. The van der Waals surface area contributed by atoms with E-state index in [9.17, 15) is 0 Å². The van der Waals surface area contributed by atoms with E-state index in [-0.39, 0.29) is 0 Å². The lowest BCUT2D eigenvalue weighted by Crippen LogP contribution is -1.96. The summed E-state index contributed by atoms with van der Waals surface area (Å²) in [5.74, 6) is 0.903. The van der Waals surface area contributed by atoms with Crippen molar-refractivity contribution in [3.8, 4) is 5.75 Å². The molecule has 2 rings (SSSR count). The van der Waals surface area contributed by atoms with Crippen molar-refractivity contribution in [1.82, 2.24) is 0 Å². The molecule has 18 heavy (non-hydrogen) atoms. The van der Waals surface area contributed by atoms with Gasteiger partial charge < -0.3 is 4.74 Å². The molecule has 0 saturated heterocycles. The fourth-order valence-electron chi connectivity index (χ4n) is 1.50. The molecule has 0 spiro atoms. The summed E-state index contributed by atoms with van der Waals surface area (Å²) < 4.78 is 6.89. The monoisotopic (exact) mass is 342 g/mol. The number of thioether (sulfide) groups is 1. The average molecular weight is 344 g/mol. The summed E-state index contributed by atoms with van der Waals surface area (Å²) in [5.41, 5.74) is 1.11. The summed E-state index contributed by atoms with van der Waals surface area (Å²) in [6.45, 7) is 0.548. The second kappa shape index (κ2) is 6.50. The van der Waals surface area contributed by atoms with E-state index in [2.05, 4.69) is 22.0 Å². The maximum Gasteiger partial charge on any atom is 0.133 e. The van der Waals surface area contributed by atoms with Crippen LogP contribution in [0.1, 0.15) is 5.56 Å². The maximum atomic E-state index is 5.84. The van der Waals surface area contributed by atoms with Crippen LogP contribution in [0.25, 0.3) is 0 Å². The van der Waals surface area contributed by atoms with Crippen molar-refractivity contribution in [3.63, 3.8) is 0 Å². The Kier molecular flexibility index (Phi) is 4.98. The first-order valence-corrected chi connectivity index (χ1v) is 7.79. The molecule has 0 aliphatic rings. The van der Waals surface area contributed by atoms with Gasteiger partial charge in [-0.2, -0.15) is 0 Å². The fourth-order valence-corrected chi connectivity index (χ4v) is 2.71. The fraction of sp³-hybridized carbons (Fsp3) is 0.143. The molecule has 0 heterocycles. The van der Waals surface area contributed by atoms with Gasteiger partial charge in [-0.3, -0.25) is 0 Å². The molecule has 0 unspecified atom stereocenters. The van der Waals surface area contributed by atoms with Gasteiger partial charge in [-0.15, -0.1) is 11.8 Å². The molecule has 0 amide bonds. The molecule has 0 atom stereocenters. The third kappa shape index (κ3) is 3.67. The zero-order valence-electron chi connectivity index (χ0n) is 9.82. The SMILES string of the molecule is CSc1cc(Br)ccc1OCc1ccc(Cl)cc1. The van der Waals surface area contributed by atoms with Crippen molar-refractivity contribution in [2.45, 2.75) is 11.5 Å². The first-order chi connectivity index (χ1) is 8.69. The zero-order valence-corrected chi connectivity index (χ0v) is 13.0. The highest BCUT2D eigenvalue weighted by molar-refractivity contribution is 9.10. The molecule has 0 bridgehead atoms. The van der Waals surface area contributed by atoms with Crippen LogP contribution in [-0.4, -0.2) is 6.26 Å². The number of benzene rings is 2. The molecule has 2 aromatic rings. The van der Waals surface area contributed by atoms with E-state index in [1.807, 2.05) is 42.7 Å². The van der Waals surface area contributed by atoms with Crippen molar-refractivity contribution in [2.24, 2.45) is 0 Å². The highest BCUT2D eigenvalue weighted by Gasteiger charge is 2.04. The zero-order chi connectivity index (χ0) is 13.0. The molecule has 0 fully saturated rings. The Labute approximate surface area is 125 Å². The summed E-state index contributed by atoms with van der Waals surface area (Å²) in [6, 6.07) is 13.7. The smallest absolute Gasteiger partial charge is 0.133 e. The van der Waals surface area contributed by atoms with Crippen LogP contribution < -0.4 is 4.74 Å². The maximum absolute atomic E-state index is 5.84. The highest BCUT2D eigenvalue weighted by atomic mass is 79.9.